The van der Waals surface area contributed by atoms with Gasteiger partial charge in [0.25, 0.3) is 0 Å². The van der Waals surface area contributed by atoms with Gasteiger partial charge in [-0.25, -0.2) is 15.0 Å². The van der Waals surface area contributed by atoms with E-state index in [2.05, 4.69) is 15.0 Å². The van der Waals surface area contributed by atoms with Crippen LogP contribution in [0.4, 0.5) is 11.4 Å². The highest BCUT2D eigenvalue weighted by molar-refractivity contribution is 8.76. The lowest BCUT2D eigenvalue weighted by atomic mass is 10.4. The molecule has 9 nitrogen and oxygen atoms in total. The molecule has 3 aromatic rings. The second kappa shape index (κ2) is 12.3. The van der Waals surface area contributed by atoms with Crippen LogP contribution in [0.5, 0.6) is 0 Å². The molecule has 0 saturated carbocycles. The quantitative estimate of drug-likeness (QED) is 0.247. The monoisotopic (exact) mass is 467 g/mol. The summed E-state index contributed by atoms with van der Waals surface area (Å²) in [7, 11) is 5.30. The van der Waals surface area contributed by atoms with Gasteiger partial charge in [0.05, 0.1) is 9.85 Å². The molecule has 13 heteroatoms. The van der Waals surface area contributed by atoms with Gasteiger partial charge < -0.3 is 0 Å². The number of rotatable bonds is 7. The number of nitrogens with zero attached hydrogens (tertiary/aromatic N) is 5. The highest BCUT2D eigenvalue weighted by Crippen LogP contribution is 2.42. The van der Waals surface area contributed by atoms with Gasteiger partial charge in [-0.05, 0) is 62.9 Å². The van der Waals surface area contributed by atoms with Crippen LogP contribution in [0.15, 0.2) is 76.1 Å². The Hall–Kier alpha value is -2.35. The molecule has 0 aromatic carbocycles. The Labute approximate surface area is 181 Å². The third kappa shape index (κ3) is 7.53. The van der Waals surface area contributed by atoms with Crippen molar-refractivity contribution in [2.24, 2.45) is 0 Å². The van der Waals surface area contributed by atoms with Crippen LogP contribution in [0, 0.1) is 20.2 Å². The van der Waals surface area contributed by atoms with Crippen LogP contribution in [0.1, 0.15) is 0 Å². The molecular weight excluding hydrogens is 454 g/mol. The fourth-order valence-electron chi connectivity index (χ4n) is 1.73. The third-order valence-electron chi connectivity index (χ3n) is 2.90. The van der Waals surface area contributed by atoms with Crippen LogP contribution in [0.2, 0.25) is 0 Å². The van der Waals surface area contributed by atoms with Crippen molar-refractivity contribution in [3.05, 3.63) is 81.3 Å². The number of hydrogen-bond acceptors (Lipinski definition) is 11. The normalized spacial score (nSPS) is 9.97. The van der Waals surface area contributed by atoms with Crippen molar-refractivity contribution in [3.63, 3.8) is 0 Å². The second-order valence-corrected chi connectivity index (χ2v) is 9.28. The molecule has 3 heterocycles. The minimum Gasteiger partial charge on any atom is -0.258 e. The fourth-order valence-corrected chi connectivity index (χ4v) is 5.01. The fraction of sp³-hybridized carbons (Fsp3) is 0.0625. The van der Waals surface area contributed by atoms with E-state index in [9.17, 15) is 20.2 Å². The van der Waals surface area contributed by atoms with Crippen molar-refractivity contribution in [3.8, 4) is 0 Å². The van der Waals surface area contributed by atoms with Crippen LogP contribution >= 0.6 is 43.2 Å². The van der Waals surface area contributed by atoms with Gasteiger partial charge in [-0.2, -0.15) is 0 Å². The SMILES string of the molecule is CSSc1ccccn1.O=[N+]([O-])c1cccnc1SSc1ncccc1[N+](=O)[O-]. The van der Waals surface area contributed by atoms with E-state index in [0.717, 1.165) is 26.6 Å². The summed E-state index contributed by atoms with van der Waals surface area (Å²) in [6, 6.07) is 11.5. The van der Waals surface area contributed by atoms with Crippen molar-refractivity contribution in [1.82, 2.24) is 15.0 Å². The predicted molar refractivity (Wildman–Crippen MR) is 117 cm³/mol. The Bertz CT molecular complexity index is 907. The van der Waals surface area contributed by atoms with Crippen molar-refractivity contribution in [2.75, 3.05) is 6.26 Å². The van der Waals surface area contributed by atoms with Crippen LogP contribution < -0.4 is 0 Å². The van der Waals surface area contributed by atoms with Crippen LogP contribution in [0.3, 0.4) is 0 Å². The first-order chi connectivity index (χ1) is 14.0. The van der Waals surface area contributed by atoms with E-state index in [1.807, 2.05) is 24.5 Å². The first-order valence-electron chi connectivity index (χ1n) is 7.68. The predicted octanol–water partition coefficient (Wildman–Crippen LogP) is 5.54. The summed E-state index contributed by atoms with van der Waals surface area (Å²) >= 11 is 0. The molecule has 29 heavy (non-hydrogen) atoms. The zero-order valence-corrected chi connectivity index (χ0v) is 18.0. The Morgan fingerprint density at radius 2 is 1.24 bits per heavy atom. The summed E-state index contributed by atoms with van der Waals surface area (Å²) in [4.78, 5) is 32.4. The van der Waals surface area contributed by atoms with E-state index in [1.165, 1.54) is 36.7 Å². The van der Waals surface area contributed by atoms with E-state index in [-0.39, 0.29) is 21.4 Å². The Morgan fingerprint density at radius 3 is 1.66 bits per heavy atom. The first kappa shape index (κ1) is 22.9. The molecule has 0 aliphatic rings. The van der Waals surface area contributed by atoms with Crippen molar-refractivity contribution in [1.29, 1.82) is 0 Å². The molecule has 3 aromatic heterocycles. The first-order valence-corrected chi connectivity index (χ1v) is 12.4. The van der Waals surface area contributed by atoms with E-state index < -0.39 is 9.85 Å². The second-order valence-electron chi connectivity index (χ2n) is 4.75. The summed E-state index contributed by atoms with van der Waals surface area (Å²) in [6.07, 6.45) is 6.68. The van der Waals surface area contributed by atoms with Crippen LogP contribution in [-0.2, 0) is 0 Å². The van der Waals surface area contributed by atoms with E-state index in [4.69, 9.17) is 0 Å². The van der Waals surface area contributed by atoms with E-state index in [1.54, 1.807) is 27.8 Å². The molecule has 0 unspecified atom stereocenters. The number of nitro groups is 2. The smallest absolute Gasteiger partial charge is 0.258 e. The summed E-state index contributed by atoms with van der Waals surface area (Å²) in [5.74, 6) is 0. The largest absolute Gasteiger partial charge is 0.302 e. The molecule has 0 saturated heterocycles. The molecule has 0 bridgehead atoms. The molecule has 3 rings (SSSR count). The van der Waals surface area contributed by atoms with Crippen molar-refractivity contribution >= 4 is 54.6 Å². The molecule has 0 amide bonds. The summed E-state index contributed by atoms with van der Waals surface area (Å²) in [6.45, 7) is 0. The van der Waals surface area contributed by atoms with Gasteiger partial charge in [0, 0.05) is 30.7 Å². The van der Waals surface area contributed by atoms with Gasteiger partial charge >= 0.3 is 11.4 Å². The lowest BCUT2D eigenvalue weighted by Crippen LogP contribution is -1.93. The minimum absolute atomic E-state index is 0.149. The van der Waals surface area contributed by atoms with Crippen LogP contribution in [0.25, 0.3) is 0 Å². The van der Waals surface area contributed by atoms with Gasteiger partial charge in [-0.3, -0.25) is 20.2 Å². The Morgan fingerprint density at radius 1 is 0.724 bits per heavy atom. The summed E-state index contributed by atoms with van der Waals surface area (Å²) < 4.78 is 0. The zero-order chi connectivity index (χ0) is 21.1. The minimum atomic E-state index is -0.553. The average Bonchev–Trinajstić information content (AvgIpc) is 2.74. The highest BCUT2D eigenvalue weighted by atomic mass is 33.1. The molecule has 0 N–H and O–H groups in total. The van der Waals surface area contributed by atoms with E-state index in [0.29, 0.717) is 0 Å². The number of aromatic nitrogens is 3. The maximum atomic E-state index is 10.8. The molecular formula is C16H13N5O4S4. The lowest BCUT2D eigenvalue weighted by Gasteiger charge is -2.01. The maximum absolute atomic E-state index is 10.8. The topological polar surface area (TPSA) is 125 Å². The number of hydrogen-bond donors (Lipinski definition) is 0. The van der Waals surface area contributed by atoms with Gasteiger partial charge in [0.1, 0.15) is 5.03 Å². The molecule has 0 fully saturated rings. The summed E-state index contributed by atoms with van der Waals surface area (Å²) in [5, 5.41) is 23.1. The third-order valence-corrected chi connectivity index (χ3v) is 6.72. The average molecular weight is 468 g/mol. The van der Waals surface area contributed by atoms with Crippen LogP contribution in [-0.4, -0.2) is 31.1 Å². The zero-order valence-electron chi connectivity index (χ0n) is 14.8. The molecule has 0 aliphatic heterocycles. The van der Waals surface area contributed by atoms with Gasteiger partial charge in [-0.15, -0.1) is 0 Å². The van der Waals surface area contributed by atoms with Gasteiger partial charge in [0.15, 0.2) is 10.1 Å². The maximum Gasteiger partial charge on any atom is 0.302 e. The van der Waals surface area contributed by atoms with Gasteiger partial charge in [-0.1, -0.05) is 16.9 Å². The van der Waals surface area contributed by atoms with Crippen molar-refractivity contribution in [2.45, 2.75) is 15.1 Å². The van der Waals surface area contributed by atoms with E-state index >= 15 is 0 Å². The molecule has 0 spiro atoms. The standard InChI is InChI=1S/C10H6N4O4S2.C6H7NS2/c15-13(16)7-3-1-5-11-9(7)19-20-10-8(14(17)18)4-2-6-12-10;1-8-9-6-4-2-3-5-7-6/h1-6H;2-5H,1H3. The molecule has 0 radical (unpaired) electrons. The highest BCUT2D eigenvalue weighted by Gasteiger charge is 2.19. The summed E-state index contributed by atoms with van der Waals surface area (Å²) in [5.41, 5.74) is -0.299. The Balaban J connectivity index is 0.000000278. The van der Waals surface area contributed by atoms with Gasteiger partial charge in [0.2, 0.25) is 0 Å². The number of pyridine rings is 3. The molecule has 0 atom stereocenters. The Kier molecular flexibility index (Phi) is 9.70. The van der Waals surface area contributed by atoms with Crippen molar-refractivity contribution < 1.29 is 9.85 Å². The molecule has 150 valence electrons. The lowest BCUT2D eigenvalue weighted by molar-refractivity contribution is -0.388. The molecule has 0 aliphatic carbocycles.